The van der Waals surface area contributed by atoms with E-state index in [9.17, 15) is 4.39 Å². The smallest absolute Gasteiger partial charge is 0.199 e. The van der Waals surface area contributed by atoms with Gasteiger partial charge in [0.15, 0.2) is 4.77 Å². The Kier molecular flexibility index (Phi) is 4.97. The third-order valence-electron chi connectivity index (χ3n) is 3.54. The van der Waals surface area contributed by atoms with Crippen molar-refractivity contribution >= 4 is 23.8 Å². The van der Waals surface area contributed by atoms with Crippen LogP contribution >= 0.6 is 23.8 Å². The zero-order chi connectivity index (χ0) is 17.1. The Hall–Kier alpha value is -2.18. The lowest BCUT2D eigenvalue weighted by atomic mass is 10.1. The van der Waals surface area contributed by atoms with Gasteiger partial charge in [0.1, 0.15) is 17.4 Å². The number of ether oxygens (including phenoxy) is 1. The summed E-state index contributed by atoms with van der Waals surface area (Å²) in [6, 6.07) is 12.1. The van der Waals surface area contributed by atoms with Crippen LogP contribution in [0.2, 0.25) is 5.02 Å². The number of aromatic amines is 1. The third kappa shape index (κ3) is 3.34. The van der Waals surface area contributed by atoms with Gasteiger partial charge in [0.05, 0.1) is 6.61 Å². The summed E-state index contributed by atoms with van der Waals surface area (Å²) in [5, 5.41) is 7.33. The Bertz CT molecular complexity index is 885. The number of nitrogens with one attached hydrogen (secondary N) is 1. The first-order valence-corrected chi connectivity index (χ1v) is 8.21. The van der Waals surface area contributed by atoms with Gasteiger partial charge < -0.3 is 4.74 Å². The van der Waals surface area contributed by atoms with Gasteiger partial charge in [-0.15, -0.1) is 0 Å². The maximum absolute atomic E-state index is 14.0. The van der Waals surface area contributed by atoms with Crippen LogP contribution in [-0.4, -0.2) is 21.4 Å². The van der Waals surface area contributed by atoms with E-state index in [2.05, 4.69) is 10.2 Å². The van der Waals surface area contributed by atoms with E-state index >= 15 is 0 Å². The predicted molar refractivity (Wildman–Crippen MR) is 94.1 cm³/mol. The zero-order valence-electron chi connectivity index (χ0n) is 12.9. The number of aromatic nitrogens is 3. The van der Waals surface area contributed by atoms with Crippen molar-refractivity contribution in [2.75, 3.05) is 6.61 Å². The molecule has 3 rings (SSSR count). The Labute approximate surface area is 148 Å². The second-order valence-electron chi connectivity index (χ2n) is 5.08. The van der Waals surface area contributed by atoms with Crippen molar-refractivity contribution in [3.63, 3.8) is 0 Å². The molecule has 124 valence electrons. The van der Waals surface area contributed by atoms with Crippen LogP contribution in [0.4, 0.5) is 4.39 Å². The number of nitrogens with zero attached hydrogens (tertiary/aromatic N) is 2. The molecule has 7 heteroatoms. The van der Waals surface area contributed by atoms with Crippen LogP contribution in [0.3, 0.4) is 0 Å². The molecule has 0 radical (unpaired) electrons. The van der Waals surface area contributed by atoms with E-state index in [1.165, 1.54) is 6.07 Å². The van der Waals surface area contributed by atoms with Gasteiger partial charge in [-0.25, -0.2) is 4.39 Å². The van der Waals surface area contributed by atoms with E-state index in [1.807, 2.05) is 31.2 Å². The monoisotopic (exact) mass is 363 g/mol. The summed E-state index contributed by atoms with van der Waals surface area (Å²) in [6.45, 7) is 2.53. The van der Waals surface area contributed by atoms with E-state index in [4.69, 9.17) is 28.6 Å². The van der Waals surface area contributed by atoms with Crippen LogP contribution in [0, 0.1) is 10.6 Å². The van der Waals surface area contributed by atoms with Gasteiger partial charge in [-0.2, -0.15) is 5.10 Å². The number of hydrogen-bond acceptors (Lipinski definition) is 3. The molecule has 0 aliphatic carbocycles. The number of halogens is 2. The Morgan fingerprint density at radius 3 is 2.67 bits per heavy atom. The van der Waals surface area contributed by atoms with E-state index in [1.54, 1.807) is 16.7 Å². The lowest BCUT2D eigenvalue weighted by Gasteiger charge is -2.10. The summed E-state index contributed by atoms with van der Waals surface area (Å²) >= 11 is 11.4. The molecule has 0 spiro atoms. The van der Waals surface area contributed by atoms with Crippen molar-refractivity contribution in [3.8, 4) is 11.4 Å². The van der Waals surface area contributed by atoms with Crippen LogP contribution in [0.15, 0.2) is 42.5 Å². The highest BCUT2D eigenvalue weighted by Gasteiger charge is 2.14. The molecule has 0 unspecified atom stereocenters. The first-order chi connectivity index (χ1) is 11.6. The quantitative estimate of drug-likeness (QED) is 0.667. The fourth-order valence-corrected chi connectivity index (χ4v) is 2.92. The van der Waals surface area contributed by atoms with Crippen molar-refractivity contribution in [1.29, 1.82) is 0 Å². The van der Waals surface area contributed by atoms with E-state index in [0.29, 0.717) is 27.8 Å². The highest BCUT2D eigenvalue weighted by molar-refractivity contribution is 7.71. The van der Waals surface area contributed by atoms with Gasteiger partial charge >= 0.3 is 0 Å². The van der Waals surface area contributed by atoms with E-state index in [-0.39, 0.29) is 12.2 Å². The molecule has 24 heavy (non-hydrogen) atoms. The van der Waals surface area contributed by atoms with Crippen molar-refractivity contribution in [2.45, 2.75) is 13.3 Å². The molecule has 1 aromatic heterocycles. The molecule has 1 heterocycles. The van der Waals surface area contributed by atoms with Crippen molar-refractivity contribution in [2.24, 2.45) is 0 Å². The summed E-state index contributed by atoms with van der Waals surface area (Å²) in [4.78, 5) is 0. The van der Waals surface area contributed by atoms with E-state index in [0.717, 1.165) is 11.4 Å². The highest BCUT2D eigenvalue weighted by Crippen LogP contribution is 2.23. The molecule has 3 aromatic rings. The lowest BCUT2D eigenvalue weighted by molar-refractivity contribution is 0.340. The molecule has 0 aliphatic rings. The Balaban J connectivity index is 1.99. The molecule has 0 aliphatic heterocycles. The maximum atomic E-state index is 14.0. The van der Waals surface area contributed by atoms with Gasteiger partial charge in [-0.3, -0.25) is 9.67 Å². The topological polar surface area (TPSA) is 42.8 Å². The minimum atomic E-state index is -0.366. The summed E-state index contributed by atoms with van der Waals surface area (Å²) in [5.74, 6) is 0.987. The SMILES string of the molecule is CCOc1ccc(-n2c(Cc3c(F)cccc3Cl)n[nH]c2=S)cc1. The minimum absolute atomic E-state index is 0.228. The second kappa shape index (κ2) is 7.15. The van der Waals surface area contributed by atoms with Gasteiger partial charge in [0.2, 0.25) is 0 Å². The van der Waals surface area contributed by atoms with Crippen LogP contribution in [0.5, 0.6) is 5.75 Å². The maximum Gasteiger partial charge on any atom is 0.199 e. The average Bonchev–Trinajstić information content (AvgIpc) is 2.93. The Morgan fingerprint density at radius 1 is 1.25 bits per heavy atom. The summed E-state index contributed by atoms with van der Waals surface area (Å²) < 4.78 is 21.7. The number of rotatable bonds is 5. The first kappa shape index (κ1) is 16.7. The van der Waals surface area contributed by atoms with Crippen LogP contribution in [0.25, 0.3) is 5.69 Å². The molecule has 0 saturated carbocycles. The molecule has 0 atom stereocenters. The van der Waals surface area contributed by atoms with Crippen LogP contribution in [0.1, 0.15) is 18.3 Å². The molecule has 0 saturated heterocycles. The molecular formula is C17H15ClFN3OS. The van der Waals surface area contributed by atoms with Crippen molar-refractivity contribution < 1.29 is 9.13 Å². The standard InChI is InChI=1S/C17H15ClFN3OS/c1-2-23-12-8-6-11(7-9-12)22-16(20-21-17(22)24)10-13-14(18)4-3-5-15(13)19/h3-9H,2,10H2,1H3,(H,21,24). The summed E-state index contributed by atoms with van der Waals surface area (Å²) in [6.07, 6.45) is 0.228. The Morgan fingerprint density at radius 2 is 2.00 bits per heavy atom. The molecule has 0 amide bonds. The zero-order valence-corrected chi connectivity index (χ0v) is 14.5. The fraction of sp³-hybridized carbons (Fsp3) is 0.176. The van der Waals surface area contributed by atoms with Crippen molar-refractivity contribution in [3.05, 3.63) is 69.5 Å². The highest BCUT2D eigenvalue weighted by atomic mass is 35.5. The molecule has 2 aromatic carbocycles. The normalized spacial score (nSPS) is 10.8. The molecule has 4 nitrogen and oxygen atoms in total. The van der Waals surface area contributed by atoms with Gasteiger partial charge in [-0.1, -0.05) is 17.7 Å². The average molecular weight is 364 g/mol. The number of H-pyrrole nitrogens is 1. The van der Waals surface area contributed by atoms with Crippen LogP contribution in [-0.2, 0) is 6.42 Å². The molecule has 0 bridgehead atoms. The lowest BCUT2D eigenvalue weighted by Crippen LogP contribution is -2.04. The second-order valence-corrected chi connectivity index (χ2v) is 5.88. The molecule has 0 fully saturated rings. The van der Waals surface area contributed by atoms with Gasteiger partial charge in [0, 0.05) is 22.7 Å². The third-order valence-corrected chi connectivity index (χ3v) is 4.17. The summed E-state index contributed by atoms with van der Waals surface area (Å²) in [7, 11) is 0. The molecule has 1 N–H and O–H groups in total. The minimum Gasteiger partial charge on any atom is -0.494 e. The first-order valence-electron chi connectivity index (χ1n) is 7.42. The van der Waals surface area contributed by atoms with E-state index < -0.39 is 0 Å². The van der Waals surface area contributed by atoms with Gasteiger partial charge in [-0.05, 0) is 55.5 Å². The molecular weight excluding hydrogens is 349 g/mol. The fourth-order valence-electron chi connectivity index (χ4n) is 2.43. The number of hydrogen-bond donors (Lipinski definition) is 1. The van der Waals surface area contributed by atoms with Crippen LogP contribution < -0.4 is 4.74 Å². The predicted octanol–water partition coefficient (Wildman–Crippen LogP) is 4.71. The number of benzene rings is 2. The largest absolute Gasteiger partial charge is 0.494 e. The summed E-state index contributed by atoms with van der Waals surface area (Å²) in [5.41, 5.74) is 1.21. The van der Waals surface area contributed by atoms with Crippen molar-refractivity contribution in [1.82, 2.24) is 14.8 Å². The van der Waals surface area contributed by atoms with Gasteiger partial charge in [0.25, 0.3) is 0 Å².